The predicted molar refractivity (Wildman–Crippen MR) is 90.0 cm³/mol. The minimum Gasteiger partial charge on any atom is -0.352 e. The van der Waals surface area contributed by atoms with E-state index in [1.807, 2.05) is 11.6 Å². The first kappa shape index (κ1) is 15.6. The zero-order chi connectivity index (χ0) is 16.4. The second-order valence-corrected chi connectivity index (χ2v) is 5.48. The number of aryl methyl sites for hydroxylation is 1. The summed E-state index contributed by atoms with van der Waals surface area (Å²) >= 11 is 0. The first-order chi connectivity index (χ1) is 11.1. The van der Waals surface area contributed by atoms with E-state index in [9.17, 15) is 4.39 Å². The molecule has 0 saturated carbocycles. The van der Waals surface area contributed by atoms with E-state index >= 15 is 0 Å². The van der Waals surface area contributed by atoms with E-state index in [0.29, 0.717) is 17.1 Å². The monoisotopic (exact) mass is 316 g/mol. The van der Waals surface area contributed by atoms with Crippen LogP contribution in [0.15, 0.2) is 18.2 Å². The first-order valence-corrected chi connectivity index (χ1v) is 7.88. The normalized spacial score (nSPS) is 11.7. The lowest BCUT2D eigenvalue weighted by Crippen LogP contribution is -2.29. The number of halogens is 1. The van der Waals surface area contributed by atoms with Crippen LogP contribution in [0.4, 0.5) is 10.3 Å². The third kappa shape index (κ3) is 2.96. The summed E-state index contributed by atoms with van der Waals surface area (Å²) in [6.45, 7) is 8.00. The first-order valence-electron chi connectivity index (χ1n) is 7.88. The highest BCUT2D eigenvalue weighted by Gasteiger charge is 2.13. The summed E-state index contributed by atoms with van der Waals surface area (Å²) < 4.78 is 15.4. The zero-order valence-corrected chi connectivity index (χ0v) is 13.7. The van der Waals surface area contributed by atoms with Crippen LogP contribution in [-0.4, -0.2) is 50.8 Å². The Balaban J connectivity index is 1.87. The summed E-state index contributed by atoms with van der Waals surface area (Å²) in [7, 11) is 1.90. The summed E-state index contributed by atoms with van der Waals surface area (Å²) in [5, 5.41) is 12.3. The van der Waals surface area contributed by atoms with Gasteiger partial charge in [0, 0.05) is 25.5 Å². The SMILES string of the molecule is CCN(CC)CCNc1nnc2c3cc(F)ccc3n(C)c2n1. The van der Waals surface area contributed by atoms with Crippen molar-refractivity contribution in [1.29, 1.82) is 0 Å². The summed E-state index contributed by atoms with van der Waals surface area (Å²) in [4.78, 5) is 6.85. The van der Waals surface area contributed by atoms with E-state index in [-0.39, 0.29) is 5.82 Å². The van der Waals surface area contributed by atoms with Gasteiger partial charge in [-0.05, 0) is 31.3 Å². The van der Waals surface area contributed by atoms with Gasteiger partial charge < -0.3 is 14.8 Å². The second-order valence-electron chi connectivity index (χ2n) is 5.48. The van der Waals surface area contributed by atoms with Gasteiger partial charge in [-0.25, -0.2) is 4.39 Å². The molecule has 0 unspecified atom stereocenters. The van der Waals surface area contributed by atoms with Crippen molar-refractivity contribution in [3.63, 3.8) is 0 Å². The van der Waals surface area contributed by atoms with Crippen LogP contribution in [0.1, 0.15) is 13.8 Å². The Morgan fingerprint density at radius 3 is 2.74 bits per heavy atom. The average Bonchev–Trinajstić information content (AvgIpc) is 2.84. The Bertz CT molecular complexity index is 824. The number of likely N-dealkylation sites (N-methyl/N-ethyl adjacent to an activating group) is 1. The summed E-state index contributed by atoms with van der Waals surface area (Å²) in [6, 6.07) is 4.65. The summed E-state index contributed by atoms with van der Waals surface area (Å²) in [5.74, 6) is 0.212. The van der Waals surface area contributed by atoms with Gasteiger partial charge in [0.15, 0.2) is 5.65 Å². The quantitative estimate of drug-likeness (QED) is 0.757. The van der Waals surface area contributed by atoms with E-state index in [2.05, 4.69) is 39.2 Å². The fourth-order valence-corrected chi connectivity index (χ4v) is 2.77. The van der Waals surface area contributed by atoms with Gasteiger partial charge in [-0.1, -0.05) is 13.8 Å². The maximum atomic E-state index is 13.5. The number of nitrogens with one attached hydrogen (secondary N) is 1. The molecule has 0 atom stereocenters. The molecule has 2 heterocycles. The van der Waals surface area contributed by atoms with Crippen LogP contribution in [0.2, 0.25) is 0 Å². The molecule has 0 aliphatic rings. The molecule has 3 aromatic rings. The van der Waals surface area contributed by atoms with Gasteiger partial charge in [0.05, 0.1) is 5.52 Å². The van der Waals surface area contributed by atoms with Gasteiger partial charge in [0.25, 0.3) is 0 Å². The Morgan fingerprint density at radius 2 is 2.00 bits per heavy atom. The molecular formula is C16H21FN6. The Kier molecular flexibility index (Phi) is 4.38. The van der Waals surface area contributed by atoms with Gasteiger partial charge in [-0.2, -0.15) is 4.98 Å². The minimum absolute atomic E-state index is 0.284. The molecule has 7 heteroatoms. The highest BCUT2D eigenvalue weighted by molar-refractivity contribution is 6.04. The molecule has 3 rings (SSSR count). The third-order valence-electron chi connectivity index (χ3n) is 4.17. The smallest absolute Gasteiger partial charge is 0.244 e. The lowest BCUT2D eigenvalue weighted by Gasteiger charge is -2.17. The van der Waals surface area contributed by atoms with Crippen molar-refractivity contribution in [2.75, 3.05) is 31.5 Å². The standard InChI is InChI=1S/C16H21FN6/c1-4-23(5-2)9-8-18-16-19-15-14(20-21-16)12-10-11(17)6-7-13(12)22(15)3/h6-7,10H,4-5,8-9H2,1-3H3,(H,18,19,21). The van der Waals surface area contributed by atoms with Crippen molar-refractivity contribution < 1.29 is 4.39 Å². The van der Waals surface area contributed by atoms with Crippen molar-refractivity contribution in [1.82, 2.24) is 24.6 Å². The Morgan fingerprint density at radius 1 is 1.22 bits per heavy atom. The number of benzene rings is 1. The van der Waals surface area contributed by atoms with Gasteiger partial charge in [-0.3, -0.25) is 0 Å². The molecule has 23 heavy (non-hydrogen) atoms. The molecule has 0 bridgehead atoms. The van der Waals surface area contributed by atoms with Crippen LogP contribution in [0, 0.1) is 5.82 Å². The summed E-state index contributed by atoms with van der Waals surface area (Å²) in [5.41, 5.74) is 2.21. The van der Waals surface area contributed by atoms with Crippen LogP contribution in [0.5, 0.6) is 0 Å². The maximum absolute atomic E-state index is 13.5. The van der Waals surface area contributed by atoms with Crippen molar-refractivity contribution in [2.24, 2.45) is 7.05 Å². The van der Waals surface area contributed by atoms with Crippen LogP contribution in [-0.2, 0) is 7.05 Å². The number of nitrogens with zero attached hydrogens (tertiary/aromatic N) is 5. The predicted octanol–water partition coefficient (Wildman–Crippen LogP) is 2.41. The number of rotatable bonds is 6. The maximum Gasteiger partial charge on any atom is 0.244 e. The Labute approximate surface area is 134 Å². The molecule has 122 valence electrons. The molecule has 0 radical (unpaired) electrons. The number of aromatic nitrogens is 4. The third-order valence-corrected chi connectivity index (χ3v) is 4.17. The zero-order valence-electron chi connectivity index (χ0n) is 13.7. The van der Waals surface area contributed by atoms with Gasteiger partial charge >= 0.3 is 0 Å². The van der Waals surface area contributed by atoms with E-state index < -0.39 is 0 Å². The highest BCUT2D eigenvalue weighted by atomic mass is 19.1. The number of fused-ring (bicyclic) bond motifs is 3. The van der Waals surface area contributed by atoms with Gasteiger partial charge in [-0.15, -0.1) is 10.2 Å². The number of anilines is 1. The molecule has 0 spiro atoms. The number of hydrogen-bond acceptors (Lipinski definition) is 5. The van der Waals surface area contributed by atoms with Crippen LogP contribution in [0.3, 0.4) is 0 Å². The molecule has 0 aliphatic carbocycles. The fraction of sp³-hybridized carbons (Fsp3) is 0.438. The molecule has 2 aromatic heterocycles. The lowest BCUT2D eigenvalue weighted by atomic mass is 10.2. The van der Waals surface area contributed by atoms with Crippen molar-refractivity contribution >= 4 is 28.0 Å². The molecule has 0 fully saturated rings. The van der Waals surface area contributed by atoms with Crippen molar-refractivity contribution in [2.45, 2.75) is 13.8 Å². The Hall–Kier alpha value is -2.28. The van der Waals surface area contributed by atoms with Crippen molar-refractivity contribution in [3.8, 4) is 0 Å². The summed E-state index contributed by atoms with van der Waals surface area (Å²) in [6.07, 6.45) is 0. The topological polar surface area (TPSA) is 58.9 Å². The minimum atomic E-state index is -0.284. The molecule has 1 N–H and O–H groups in total. The molecule has 0 amide bonds. The van der Waals surface area contributed by atoms with Crippen LogP contribution >= 0.6 is 0 Å². The molecule has 0 saturated heterocycles. The largest absolute Gasteiger partial charge is 0.352 e. The van der Waals surface area contributed by atoms with E-state index in [1.165, 1.54) is 12.1 Å². The highest BCUT2D eigenvalue weighted by Crippen LogP contribution is 2.25. The van der Waals surface area contributed by atoms with Gasteiger partial charge in [0.1, 0.15) is 11.3 Å². The number of hydrogen-bond donors (Lipinski definition) is 1. The molecule has 1 aromatic carbocycles. The van der Waals surface area contributed by atoms with Gasteiger partial charge in [0.2, 0.25) is 5.95 Å². The van der Waals surface area contributed by atoms with E-state index in [0.717, 1.165) is 37.1 Å². The fourth-order valence-electron chi connectivity index (χ4n) is 2.77. The van der Waals surface area contributed by atoms with Crippen molar-refractivity contribution in [3.05, 3.63) is 24.0 Å². The van der Waals surface area contributed by atoms with E-state index in [4.69, 9.17) is 0 Å². The molecule has 6 nitrogen and oxygen atoms in total. The van der Waals surface area contributed by atoms with E-state index in [1.54, 1.807) is 6.07 Å². The van der Waals surface area contributed by atoms with Crippen LogP contribution < -0.4 is 5.32 Å². The lowest BCUT2D eigenvalue weighted by molar-refractivity contribution is 0.316. The average molecular weight is 316 g/mol. The second kappa shape index (κ2) is 6.45. The molecular weight excluding hydrogens is 295 g/mol. The van der Waals surface area contributed by atoms with Crippen LogP contribution in [0.25, 0.3) is 22.1 Å². The molecule has 0 aliphatic heterocycles.